The lowest BCUT2D eigenvalue weighted by molar-refractivity contribution is 0.390. The van der Waals surface area contributed by atoms with Gasteiger partial charge >= 0.3 is 0 Å². The smallest absolute Gasteiger partial charge is 0.0101 e. The summed E-state index contributed by atoms with van der Waals surface area (Å²) in [7, 11) is 2.72. The van der Waals surface area contributed by atoms with E-state index in [0.717, 1.165) is 12.3 Å². The highest BCUT2D eigenvalue weighted by Gasteiger charge is 2.10. The van der Waals surface area contributed by atoms with Gasteiger partial charge in [0.05, 0.1) is 0 Å². The molecule has 0 aromatic rings. The zero-order chi connectivity index (χ0) is 6.53. The Morgan fingerprint density at radius 3 is 2.44 bits per heavy atom. The highest BCUT2D eigenvalue weighted by Crippen LogP contribution is 2.17. The molecule has 1 rings (SSSR count). The third-order valence-corrected chi connectivity index (χ3v) is 2.25. The van der Waals surface area contributed by atoms with E-state index in [1.165, 1.54) is 32.1 Å². The molecule has 54 valence electrons. The van der Waals surface area contributed by atoms with Crippen LogP contribution < -0.4 is 5.32 Å². The quantitative estimate of drug-likeness (QED) is 0.583. The summed E-state index contributed by atoms with van der Waals surface area (Å²) in [5, 5.41) is 3.45. The molecule has 0 radical (unpaired) electrons. The van der Waals surface area contributed by atoms with Crippen molar-refractivity contribution in [2.24, 2.45) is 0 Å². The topological polar surface area (TPSA) is 12.0 Å². The first-order chi connectivity index (χ1) is 4.43. The van der Waals surface area contributed by atoms with Gasteiger partial charge in [-0.1, -0.05) is 19.3 Å². The van der Waals surface area contributed by atoms with E-state index in [1.54, 1.807) is 0 Å². The van der Waals surface area contributed by atoms with Crippen LogP contribution in [-0.4, -0.2) is 12.3 Å². The molecule has 0 aromatic heterocycles. The fourth-order valence-corrected chi connectivity index (χ4v) is 1.81. The lowest BCUT2D eigenvalue weighted by atomic mass is 9.96. The highest BCUT2D eigenvalue weighted by atomic mass is 31.0. The summed E-state index contributed by atoms with van der Waals surface area (Å²) in [6, 6.07) is 0.830. The molecule has 9 heavy (non-hydrogen) atoms. The predicted molar refractivity (Wildman–Crippen MR) is 44.6 cm³/mol. The third-order valence-electron chi connectivity index (χ3n) is 2.01. The molecule has 0 saturated heterocycles. The Bertz CT molecular complexity index is 66.6. The minimum Gasteiger partial charge on any atom is -0.311 e. The van der Waals surface area contributed by atoms with Gasteiger partial charge in [-0.15, -0.1) is 9.24 Å². The average molecular weight is 145 g/mol. The van der Waals surface area contributed by atoms with Crippen molar-refractivity contribution in [3.05, 3.63) is 0 Å². The van der Waals surface area contributed by atoms with E-state index >= 15 is 0 Å². The molecule has 0 spiro atoms. The molecule has 1 N–H and O–H groups in total. The summed E-state index contributed by atoms with van der Waals surface area (Å²) >= 11 is 0. The van der Waals surface area contributed by atoms with Gasteiger partial charge in [0, 0.05) is 12.3 Å². The van der Waals surface area contributed by atoms with E-state index in [2.05, 4.69) is 14.6 Å². The van der Waals surface area contributed by atoms with Crippen molar-refractivity contribution in [2.75, 3.05) is 6.29 Å². The monoisotopic (exact) mass is 145 g/mol. The Morgan fingerprint density at radius 2 is 1.89 bits per heavy atom. The second-order valence-electron chi connectivity index (χ2n) is 2.74. The molecule has 0 amide bonds. The summed E-state index contributed by atoms with van der Waals surface area (Å²) in [6.07, 6.45) is 8.17. The first kappa shape index (κ1) is 7.50. The Morgan fingerprint density at radius 1 is 1.22 bits per heavy atom. The molecule has 2 heteroatoms. The standard InChI is InChI=1S/C7H16NP/c9-6-8-7-4-2-1-3-5-7/h7-8H,1-6,9H2. The molecule has 1 aliphatic carbocycles. The van der Waals surface area contributed by atoms with Crippen LogP contribution in [0.15, 0.2) is 0 Å². The fraction of sp³-hybridized carbons (Fsp3) is 1.00. The number of nitrogens with one attached hydrogen (secondary N) is 1. The van der Waals surface area contributed by atoms with Crippen LogP contribution in [0.2, 0.25) is 0 Å². The predicted octanol–water partition coefficient (Wildman–Crippen LogP) is 1.74. The summed E-state index contributed by atoms with van der Waals surface area (Å²) in [4.78, 5) is 0. The van der Waals surface area contributed by atoms with Crippen LogP contribution in [-0.2, 0) is 0 Å². The van der Waals surface area contributed by atoms with Gasteiger partial charge in [0.1, 0.15) is 0 Å². The van der Waals surface area contributed by atoms with Crippen molar-refractivity contribution < 1.29 is 0 Å². The van der Waals surface area contributed by atoms with Gasteiger partial charge in [-0.3, -0.25) is 0 Å². The molecule has 0 bridgehead atoms. The molecule has 1 unspecified atom stereocenters. The second-order valence-corrected chi connectivity index (χ2v) is 3.15. The van der Waals surface area contributed by atoms with Gasteiger partial charge in [0.2, 0.25) is 0 Å². The minimum atomic E-state index is 0.830. The van der Waals surface area contributed by atoms with Gasteiger partial charge in [-0.25, -0.2) is 0 Å². The molecule has 0 aliphatic heterocycles. The molecule has 1 atom stereocenters. The lowest BCUT2D eigenvalue weighted by Crippen LogP contribution is -2.29. The molecule has 1 nitrogen and oxygen atoms in total. The van der Waals surface area contributed by atoms with Gasteiger partial charge < -0.3 is 5.32 Å². The Hall–Kier alpha value is 0.390. The maximum absolute atomic E-state index is 3.45. The normalized spacial score (nSPS) is 22.3. The molecule has 1 saturated carbocycles. The Balaban J connectivity index is 2.08. The van der Waals surface area contributed by atoms with Crippen molar-refractivity contribution in [3.63, 3.8) is 0 Å². The maximum atomic E-state index is 3.45. The minimum absolute atomic E-state index is 0.830. The largest absolute Gasteiger partial charge is 0.311 e. The third kappa shape index (κ3) is 2.64. The zero-order valence-electron chi connectivity index (χ0n) is 5.90. The SMILES string of the molecule is PCNC1CCCCC1. The molecule has 0 aromatic carbocycles. The summed E-state index contributed by atoms with van der Waals surface area (Å²) in [5.41, 5.74) is 0. The number of hydrogen-bond acceptors (Lipinski definition) is 1. The van der Waals surface area contributed by atoms with E-state index < -0.39 is 0 Å². The van der Waals surface area contributed by atoms with Crippen LogP contribution in [0.4, 0.5) is 0 Å². The molecule has 0 heterocycles. The highest BCUT2D eigenvalue weighted by molar-refractivity contribution is 7.16. The van der Waals surface area contributed by atoms with Gasteiger partial charge in [-0.2, -0.15) is 0 Å². The van der Waals surface area contributed by atoms with Crippen molar-refractivity contribution in [1.82, 2.24) is 5.32 Å². The molecule has 1 fully saturated rings. The summed E-state index contributed by atoms with van der Waals surface area (Å²) in [5.74, 6) is 0. The zero-order valence-corrected chi connectivity index (χ0v) is 7.05. The summed E-state index contributed by atoms with van der Waals surface area (Å²) in [6.45, 7) is 0. The first-order valence-electron chi connectivity index (χ1n) is 3.87. The Kier molecular flexibility index (Phi) is 3.54. The van der Waals surface area contributed by atoms with E-state index in [0.29, 0.717) is 0 Å². The molecular formula is C7H16NP. The molecule has 1 aliphatic rings. The van der Waals surface area contributed by atoms with Gasteiger partial charge in [0.15, 0.2) is 0 Å². The van der Waals surface area contributed by atoms with Gasteiger partial charge in [-0.05, 0) is 12.8 Å². The van der Waals surface area contributed by atoms with E-state index in [9.17, 15) is 0 Å². The average Bonchev–Trinajstić information content (AvgIpc) is 1.91. The fourth-order valence-electron chi connectivity index (χ4n) is 1.47. The van der Waals surface area contributed by atoms with E-state index in [-0.39, 0.29) is 0 Å². The van der Waals surface area contributed by atoms with Gasteiger partial charge in [0.25, 0.3) is 0 Å². The maximum Gasteiger partial charge on any atom is 0.0101 e. The number of rotatable bonds is 2. The number of hydrogen-bond donors (Lipinski definition) is 1. The van der Waals surface area contributed by atoms with E-state index in [1.807, 2.05) is 0 Å². The summed E-state index contributed by atoms with van der Waals surface area (Å²) < 4.78 is 0. The van der Waals surface area contributed by atoms with Crippen LogP contribution in [0.1, 0.15) is 32.1 Å². The Labute approximate surface area is 59.8 Å². The lowest BCUT2D eigenvalue weighted by Gasteiger charge is -2.21. The van der Waals surface area contributed by atoms with Crippen molar-refractivity contribution >= 4 is 9.24 Å². The van der Waals surface area contributed by atoms with Crippen molar-refractivity contribution in [3.8, 4) is 0 Å². The van der Waals surface area contributed by atoms with Crippen LogP contribution in [0.25, 0.3) is 0 Å². The first-order valence-corrected chi connectivity index (χ1v) is 4.68. The van der Waals surface area contributed by atoms with Crippen LogP contribution in [0.3, 0.4) is 0 Å². The van der Waals surface area contributed by atoms with Crippen LogP contribution in [0.5, 0.6) is 0 Å². The van der Waals surface area contributed by atoms with Crippen LogP contribution in [0, 0.1) is 0 Å². The van der Waals surface area contributed by atoms with E-state index in [4.69, 9.17) is 0 Å². The van der Waals surface area contributed by atoms with Crippen molar-refractivity contribution in [1.29, 1.82) is 0 Å². The van der Waals surface area contributed by atoms with Crippen molar-refractivity contribution in [2.45, 2.75) is 38.1 Å². The van der Waals surface area contributed by atoms with Crippen LogP contribution >= 0.6 is 9.24 Å². The second kappa shape index (κ2) is 4.24. The molecular weight excluding hydrogens is 129 g/mol.